The first-order chi connectivity index (χ1) is 8.16. The fourth-order valence-corrected chi connectivity index (χ4v) is 2.07. The SMILES string of the molecule is Cc1nc(CNc2ccccc2[N+](=O)[O-])cs1. The van der Waals surface area contributed by atoms with Gasteiger partial charge in [0.05, 0.1) is 22.2 Å². The Labute approximate surface area is 102 Å². The van der Waals surface area contributed by atoms with E-state index < -0.39 is 4.92 Å². The van der Waals surface area contributed by atoms with Gasteiger partial charge in [-0.1, -0.05) is 12.1 Å². The van der Waals surface area contributed by atoms with Crippen molar-refractivity contribution < 1.29 is 4.92 Å². The quantitative estimate of drug-likeness (QED) is 0.668. The fraction of sp³-hybridized carbons (Fsp3) is 0.182. The van der Waals surface area contributed by atoms with Crippen LogP contribution in [0.25, 0.3) is 0 Å². The van der Waals surface area contributed by atoms with Crippen molar-refractivity contribution in [2.45, 2.75) is 13.5 Å². The molecule has 0 aliphatic heterocycles. The van der Waals surface area contributed by atoms with Gasteiger partial charge in [-0.25, -0.2) is 4.98 Å². The summed E-state index contributed by atoms with van der Waals surface area (Å²) in [6.07, 6.45) is 0. The second-order valence-electron chi connectivity index (χ2n) is 3.49. The number of benzene rings is 1. The van der Waals surface area contributed by atoms with Gasteiger partial charge in [0, 0.05) is 11.4 Å². The van der Waals surface area contributed by atoms with E-state index in [1.165, 1.54) is 6.07 Å². The van der Waals surface area contributed by atoms with Gasteiger partial charge in [0.1, 0.15) is 5.69 Å². The Morgan fingerprint density at radius 1 is 1.47 bits per heavy atom. The number of nitro benzene ring substituents is 1. The van der Waals surface area contributed by atoms with Crippen LogP contribution in [0.4, 0.5) is 11.4 Å². The van der Waals surface area contributed by atoms with Gasteiger partial charge in [-0.2, -0.15) is 0 Å². The Morgan fingerprint density at radius 2 is 2.24 bits per heavy atom. The van der Waals surface area contributed by atoms with Crippen LogP contribution in [-0.2, 0) is 6.54 Å². The van der Waals surface area contributed by atoms with Gasteiger partial charge in [-0.05, 0) is 13.0 Å². The third kappa shape index (κ3) is 2.79. The van der Waals surface area contributed by atoms with Crippen molar-refractivity contribution >= 4 is 22.7 Å². The molecular weight excluding hydrogens is 238 g/mol. The summed E-state index contributed by atoms with van der Waals surface area (Å²) in [5.41, 5.74) is 1.49. The Morgan fingerprint density at radius 3 is 2.88 bits per heavy atom. The number of anilines is 1. The monoisotopic (exact) mass is 249 g/mol. The van der Waals surface area contributed by atoms with E-state index in [1.54, 1.807) is 29.5 Å². The maximum Gasteiger partial charge on any atom is 0.292 e. The van der Waals surface area contributed by atoms with E-state index in [0.717, 1.165) is 10.7 Å². The molecule has 1 heterocycles. The van der Waals surface area contributed by atoms with Crippen molar-refractivity contribution in [2.24, 2.45) is 0 Å². The average Bonchev–Trinajstić information content (AvgIpc) is 2.73. The van der Waals surface area contributed by atoms with Gasteiger partial charge in [0.2, 0.25) is 0 Å². The third-order valence-corrected chi connectivity index (χ3v) is 3.05. The minimum absolute atomic E-state index is 0.0828. The number of aryl methyl sites for hydroxylation is 1. The maximum atomic E-state index is 10.8. The number of hydrogen-bond donors (Lipinski definition) is 1. The van der Waals surface area contributed by atoms with Crippen LogP contribution >= 0.6 is 11.3 Å². The Balaban J connectivity index is 2.11. The number of rotatable bonds is 4. The lowest BCUT2D eigenvalue weighted by atomic mass is 10.2. The standard InChI is InChI=1S/C11H11N3O2S/c1-8-13-9(7-17-8)6-12-10-4-2-3-5-11(10)14(15)16/h2-5,7,12H,6H2,1H3. The van der Waals surface area contributed by atoms with Crippen LogP contribution in [0.1, 0.15) is 10.7 Å². The van der Waals surface area contributed by atoms with Crippen molar-refractivity contribution in [3.8, 4) is 0 Å². The zero-order valence-electron chi connectivity index (χ0n) is 9.21. The molecule has 5 nitrogen and oxygen atoms in total. The molecule has 2 rings (SSSR count). The van der Waals surface area contributed by atoms with Gasteiger partial charge in [0.15, 0.2) is 0 Å². The zero-order valence-corrected chi connectivity index (χ0v) is 10.0. The van der Waals surface area contributed by atoms with Crippen LogP contribution in [0, 0.1) is 17.0 Å². The van der Waals surface area contributed by atoms with Crippen molar-refractivity contribution in [1.82, 2.24) is 4.98 Å². The third-order valence-electron chi connectivity index (χ3n) is 2.23. The topological polar surface area (TPSA) is 68.1 Å². The highest BCUT2D eigenvalue weighted by Crippen LogP contribution is 2.23. The van der Waals surface area contributed by atoms with Gasteiger partial charge >= 0.3 is 0 Å². The van der Waals surface area contributed by atoms with E-state index in [0.29, 0.717) is 12.2 Å². The van der Waals surface area contributed by atoms with Gasteiger partial charge in [-0.15, -0.1) is 11.3 Å². The molecule has 2 aromatic rings. The number of para-hydroxylation sites is 2. The number of hydrogen-bond acceptors (Lipinski definition) is 5. The summed E-state index contributed by atoms with van der Waals surface area (Å²) >= 11 is 1.57. The van der Waals surface area contributed by atoms with Crippen LogP contribution in [0.2, 0.25) is 0 Å². The molecule has 0 spiro atoms. The molecule has 0 radical (unpaired) electrons. The molecule has 0 saturated carbocycles. The van der Waals surface area contributed by atoms with Crippen LogP contribution in [0.15, 0.2) is 29.6 Å². The highest BCUT2D eigenvalue weighted by atomic mass is 32.1. The van der Waals surface area contributed by atoms with E-state index in [1.807, 2.05) is 12.3 Å². The molecule has 0 atom stereocenters. The molecule has 1 N–H and O–H groups in total. The van der Waals surface area contributed by atoms with Crippen LogP contribution in [-0.4, -0.2) is 9.91 Å². The molecular formula is C11H11N3O2S. The van der Waals surface area contributed by atoms with E-state index in [2.05, 4.69) is 10.3 Å². The molecule has 1 aromatic heterocycles. The number of aromatic nitrogens is 1. The summed E-state index contributed by atoms with van der Waals surface area (Å²) < 4.78 is 0. The van der Waals surface area contributed by atoms with E-state index in [9.17, 15) is 10.1 Å². The Kier molecular flexibility index (Phi) is 3.34. The summed E-state index contributed by atoms with van der Waals surface area (Å²) in [5.74, 6) is 0. The lowest BCUT2D eigenvalue weighted by Crippen LogP contribution is -2.02. The van der Waals surface area contributed by atoms with E-state index in [-0.39, 0.29) is 5.69 Å². The average molecular weight is 249 g/mol. The zero-order chi connectivity index (χ0) is 12.3. The van der Waals surface area contributed by atoms with Crippen molar-refractivity contribution in [1.29, 1.82) is 0 Å². The molecule has 1 aromatic carbocycles. The van der Waals surface area contributed by atoms with Gasteiger partial charge < -0.3 is 5.32 Å². The fourth-order valence-electron chi connectivity index (χ4n) is 1.46. The first-order valence-electron chi connectivity index (χ1n) is 5.05. The summed E-state index contributed by atoms with van der Waals surface area (Å²) in [6, 6.07) is 6.59. The molecule has 0 aliphatic rings. The molecule has 0 saturated heterocycles. The first-order valence-corrected chi connectivity index (χ1v) is 5.93. The first kappa shape index (κ1) is 11.5. The molecule has 6 heteroatoms. The number of nitro groups is 1. The Hall–Kier alpha value is -1.95. The van der Waals surface area contributed by atoms with E-state index in [4.69, 9.17) is 0 Å². The molecule has 0 amide bonds. The summed E-state index contributed by atoms with van der Waals surface area (Å²) in [4.78, 5) is 14.7. The summed E-state index contributed by atoms with van der Waals surface area (Å²) in [7, 11) is 0. The number of nitrogens with one attached hydrogen (secondary N) is 1. The largest absolute Gasteiger partial charge is 0.374 e. The maximum absolute atomic E-state index is 10.8. The normalized spacial score (nSPS) is 10.2. The summed E-state index contributed by atoms with van der Waals surface area (Å²) in [6.45, 7) is 2.42. The second-order valence-corrected chi connectivity index (χ2v) is 4.55. The van der Waals surface area contributed by atoms with Gasteiger partial charge in [-0.3, -0.25) is 10.1 Å². The molecule has 17 heavy (non-hydrogen) atoms. The number of nitrogens with zero attached hydrogens (tertiary/aromatic N) is 2. The molecule has 88 valence electrons. The lowest BCUT2D eigenvalue weighted by Gasteiger charge is -2.04. The minimum Gasteiger partial charge on any atom is -0.374 e. The Bertz CT molecular complexity index is 539. The minimum atomic E-state index is -0.394. The number of thiazole rings is 1. The molecule has 0 aliphatic carbocycles. The van der Waals surface area contributed by atoms with Crippen LogP contribution in [0.5, 0.6) is 0 Å². The molecule has 0 unspecified atom stereocenters. The van der Waals surface area contributed by atoms with Crippen molar-refractivity contribution in [3.05, 3.63) is 50.5 Å². The predicted molar refractivity (Wildman–Crippen MR) is 67.3 cm³/mol. The van der Waals surface area contributed by atoms with Crippen LogP contribution < -0.4 is 5.32 Å². The van der Waals surface area contributed by atoms with Gasteiger partial charge in [0.25, 0.3) is 5.69 Å². The highest BCUT2D eigenvalue weighted by Gasteiger charge is 2.11. The highest BCUT2D eigenvalue weighted by molar-refractivity contribution is 7.09. The van der Waals surface area contributed by atoms with Crippen LogP contribution in [0.3, 0.4) is 0 Å². The van der Waals surface area contributed by atoms with Crippen molar-refractivity contribution in [3.63, 3.8) is 0 Å². The smallest absolute Gasteiger partial charge is 0.292 e. The summed E-state index contributed by atoms with van der Waals surface area (Å²) in [5, 5.41) is 16.7. The molecule has 0 fully saturated rings. The van der Waals surface area contributed by atoms with Crippen molar-refractivity contribution in [2.75, 3.05) is 5.32 Å². The lowest BCUT2D eigenvalue weighted by molar-refractivity contribution is -0.384. The van der Waals surface area contributed by atoms with E-state index >= 15 is 0 Å². The second kappa shape index (κ2) is 4.92. The molecule has 0 bridgehead atoms. The predicted octanol–water partition coefficient (Wildman–Crippen LogP) is 2.97.